The molecule has 2 aromatic heterocycles. The summed E-state index contributed by atoms with van der Waals surface area (Å²) in [5, 5.41) is 0.551. The molecule has 3 aromatic rings. The van der Waals surface area contributed by atoms with Crippen LogP contribution in [0.25, 0.3) is 15.9 Å². The predicted octanol–water partition coefficient (Wildman–Crippen LogP) is 2.98. The average Bonchev–Trinajstić information content (AvgIpc) is 3.44. The number of carbonyl (C=O) groups is 1. The molecule has 0 bridgehead atoms. The van der Waals surface area contributed by atoms with Gasteiger partial charge in [-0.2, -0.15) is 0 Å². The highest BCUT2D eigenvalue weighted by Gasteiger charge is 2.28. The van der Waals surface area contributed by atoms with Gasteiger partial charge in [-0.25, -0.2) is 9.36 Å². The fourth-order valence-electron chi connectivity index (χ4n) is 5.02. The molecule has 1 amide bonds. The Labute approximate surface area is 201 Å². The van der Waals surface area contributed by atoms with Crippen LogP contribution in [0, 0.1) is 5.92 Å². The van der Waals surface area contributed by atoms with Crippen molar-refractivity contribution in [3.63, 3.8) is 0 Å². The molecule has 1 aromatic carbocycles. The van der Waals surface area contributed by atoms with Crippen molar-refractivity contribution >= 4 is 27.5 Å². The molecule has 2 aliphatic rings. The van der Waals surface area contributed by atoms with Crippen LogP contribution in [0.3, 0.4) is 0 Å². The lowest BCUT2D eigenvalue weighted by molar-refractivity contribution is -0.133. The predicted molar refractivity (Wildman–Crippen MR) is 132 cm³/mol. The first-order valence-corrected chi connectivity index (χ1v) is 12.5. The molecule has 0 saturated carbocycles. The van der Waals surface area contributed by atoms with Gasteiger partial charge in [-0.15, -0.1) is 11.3 Å². The minimum Gasteiger partial charge on any atom is -0.497 e. The number of piperidine rings is 1. The Morgan fingerprint density at radius 2 is 1.88 bits per heavy atom. The molecular formula is C25H29N3O5S. The third kappa shape index (κ3) is 3.72. The number of fused-ring (bicyclic) bond motifs is 3. The van der Waals surface area contributed by atoms with Gasteiger partial charge in [0.25, 0.3) is 5.56 Å². The van der Waals surface area contributed by atoms with E-state index in [-0.39, 0.29) is 18.0 Å². The molecule has 1 fully saturated rings. The molecule has 34 heavy (non-hydrogen) atoms. The molecule has 0 spiro atoms. The van der Waals surface area contributed by atoms with Gasteiger partial charge >= 0.3 is 5.69 Å². The van der Waals surface area contributed by atoms with Crippen LogP contribution in [0.4, 0.5) is 0 Å². The maximum Gasteiger partial charge on any atom is 0.337 e. The number of rotatable bonds is 5. The van der Waals surface area contributed by atoms with Gasteiger partial charge in [-0.1, -0.05) is 6.92 Å². The minimum atomic E-state index is -0.528. The first-order valence-electron chi connectivity index (χ1n) is 11.7. The van der Waals surface area contributed by atoms with E-state index in [1.807, 2.05) is 4.90 Å². The van der Waals surface area contributed by atoms with Crippen LogP contribution in [0.5, 0.6) is 11.5 Å². The molecular weight excluding hydrogens is 454 g/mol. The summed E-state index contributed by atoms with van der Waals surface area (Å²) in [6, 6.07) is 4.99. The zero-order valence-electron chi connectivity index (χ0n) is 19.8. The third-order valence-corrected chi connectivity index (χ3v) is 8.36. The lowest BCUT2D eigenvalue weighted by Gasteiger charge is -2.30. The van der Waals surface area contributed by atoms with Gasteiger partial charge < -0.3 is 14.4 Å². The molecule has 5 rings (SSSR count). The molecule has 1 aliphatic heterocycles. The van der Waals surface area contributed by atoms with E-state index in [1.165, 1.54) is 23.0 Å². The SMILES string of the molecule is COc1ccc(-n2c(=O)c3c4c(sc3n(CC(=O)N3CCC(C)CC3)c2=O)CCC4)c(OC)c1. The van der Waals surface area contributed by atoms with Gasteiger partial charge in [-0.05, 0) is 55.7 Å². The van der Waals surface area contributed by atoms with Gasteiger partial charge in [-0.3, -0.25) is 14.2 Å². The summed E-state index contributed by atoms with van der Waals surface area (Å²) in [6.45, 7) is 3.51. The van der Waals surface area contributed by atoms with Crippen molar-refractivity contribution in [2.75, 3.05) is 27.3 Å². The lowest BCUT2D eigenvalue weighted by atomic mass is 9.99. The smallest absolute Gasteiger partial charge is 0.337 e. The zero-order valence-corrected chi connectivity index (χ0v) is 20.6. The fourth-order valence-corrected chi connectivity index (χ4v) is 6.39. The van der Waals surface area contributed by atoms with Gasteiger partial charge in [0.2, 0.25) is 5.91 Å². The first-order chi connectivity index (χ1) is 16.4. The van der Waals surface area contributed by atoms with E-state index in [1.54, 1.807) is 25.3 Å². The van der Waals surface area contributed by atoms with Crippen LogP contribution in [-0.4, -0.2) is 47.3 Å². The van der Waals surface area contributed by atoms with Gasteiger partial charge in [0.05, 0.1) is 25.3 Å². The molecule has 0 unspecified atom stereocenters. The molecule has 180 valence electrons. The lowest BCUT2D eigenvalue weighted by Crippen LogP contribution is -2.44. The number of ether oxygens (including phenoxy) is 2. The molecule has 0 radical (unpaired) electrons. The fraction of sp³-hybridized carbons (Fsp3) is 0.480. The standard InChI is InChI=1S/C25H29N3O5S/c1-15-9-11-26(12-10-15)21(29)14-27-24-22(17-5-4-6-20(17)34-24)23(30)28(25(27)31)18-8-7-16(32-2)13-19(18)33-3/h7-8,13,15H,4-6,9-12,14H2,1-3H3. The molecule has 0 N–H and O–H groups in total. The first kappa shape index (κ1) is 22.7. The topological polar surface area (TPSA) is 82.8 Å². The van der Waals surface area contributed by atoms with Crippen molar-refractivity contribution in [2.24, 2.45) is 5.92 Å². The van der Waals surface area contributed by atoms with Crippen LogP contribution >= 0.6 is 11.3 Å². The van der Waals surface area contributed by atoms with E-state index < -0.39 is 5.69 Å². The zero-order chi connectivity index (χ0) is 24.0. The van der Waals surface area contributed by atoms with Gasteiger partial charge in [0, 0.05) is 24.0 Å². The van der Waals surface area contributed by atoms with Crippen molar-refractivity contribution in [1.29, 1.82) is 0 Å². The molecule has 9 heteroatoms. The van der Waals surface area contributed by atoms with Crippen LogP contribution in [0.15, 0.2) is 27.8 Å². The Balaban J connectivity index is 1.69. The normalized spacial score (nSPS) is 16.1. The van der Waals surface area contributed by atoms with Crippen molar-refractivity contribution in [3.8, 4) is 17.2 Å². The second kappa shape index (κ2) is 8.94. The maximum atomic E-state index is 13.8. The number of likely N-dealkylation sites (tertiary alicyclic amines) is 1. The van der Waals surface area contributed by atoms with Crippen molar-refractivity contribution in [1.82, 2.24) is 14.0 Å². The maximum absolute atomic E-state index is 13.8. The summed E-state index contributed by atoms with van der Waals surface area (Å²) >= 11 is 1.48. The number of carbonyl (C=O) groups excluding carboxylic acids is 1. The number of aromatic nitrogens is 2. The number of nitrogens with zero attached hydrogens (tertiary/aromatic N) is 3. The Kier molecular flexibility index (Phi) is 5.97. The largest absolute Gasteiger partial charge is 0.497 e. The second-order valence-corrected chi connectivity index (χ2v) is 10.2. The highest BCUT2D eigenvalue weighted by molar-refractivity contribution is 7.19. The second-order valence-electron chi connectivity index (χ2n) is 9.15. The van der Waals surface area contributed by atoms with E-state index in [0.29, 0.717) is 46.4 Å². The molecule has 1 aliphatic carbocycles. The summed E-state index contributed by atoms with van der Waals surface area (Å²) < 4.78 is 13.4. The van der Waals surface area contributed by atoms with Crippen LogP contribution in [0.1, 0.15) is 36.6 Å². The number of benzene rings is 1. The highest BCUT2D eigenvalue weighted by atomic mass is 32.1. The number of amides is 1. The number of hydrogen-bond donors (Lipinski definition) is 0. The van der Waals surface area contributed by atoms with E-state index in [4.69, 9.17) is 9.47 Å². The van der Waals surface area contributed by atoms with Gasteiger partial charge in [0.1, 0.15) is 22.9 Å². The molecule has 3 heterocycles. The highest BCUT2D eigenvalue weighted by Crippen LogP contribution is 2.36. The molecule has 8 nitrogen and oxygen atoms in total. The number of aryl methyl sites for hydroxylation is 2. The van der Waals surface area contributed by atoms with Crippen LogP contribution in [-0.2, 0) is 24.2 Å². The summed E-state index contributed by atoms with van der Waals surface area (Å²) in [6.07, 6.45) is 4.62. The quantitative estimate of drug-likeness (QED) is 0.557. The monoisotopic (exact) mass is 483 g/mol. The van der Waals surface area contributed by atoms with Crippen LogP contribution < -0.4 is 20.7 Å². The molecule has 1 saturated heterocycles. The molecule has 0 atom stereocenters. The van der Waals surface area contributed by atoms with E-state index in [0.717, 1.165) is 47.1 Å². The summed E-state index contributed by atoms with van der Waals surface area (Å²) in [4.78, 5) is 44.3. The Hall–Kier alpha value is -3.07. The van der Waals surface area contributed by atoms with Gasteiger partial charge in [0.15, 0.2) is 0 Å². The summed E-state index contributed by atoms with van der Waals surface area (Å²) in [5.74, 6) is 1.42. The van der Waals surface area contributed by atoms with Crippen molar-refractivity contribution < 1.29 is 14.3 Å². The van der Waals surface area contributed by atoms with E-state index in [9.17, 15) is 14.4 Å². The number of thiophene rings is 1. The third-order valence-electron chi connectivity index (χ3n) is 7.04. The van der Waals surface area contributed by atoms with E-state index in [2.05, 4.69) is 6.92 Å². The Morgan fingerprint density at radius 1 is 1.12 bits per heavy atom. The Morgan fingerprint density at radius 3 is 2.59 bits per heavy atom. The number of methoxy groups -OCH3 is 2. The summed E-state index contributed by atoms with van der Waals surface area (Å²) in [7, 11) is 3.03. The Bertz CT molecular complexity index is 1380. The van der Waals surface area contributed by atoms with Crippen LogP contribution in [0.2, 0.25) is 0 Å². The van der Waals surface area contributed by atoms with E-state index >= 15 is 0 Å². The minimum absolute atomic E-state index is 0.0815. The summed E-state index contributed by atoms with van der Waals surface area (Å²) in [5.41, 5.74) is 0.461. The number of hydrogen-bond acceptors (Lipinski definition) is 6. The average molecular weight is 484 g/mol. The van der Waals surface area contributed by atoms with Crippen molar-refractivity contribution in [2.45, 2.75) is 45.6 Å². The van der Waals surface area contributed by atoms with Crippen molar-refractivity contribution in [3.05, 3.63) is 49.5 Å².